The average Bonchev–Trinajstić information content (AvgIpc) is 2.44. The molecule has 3 N–H and O–H groups in total. The van der Waals surface area contributed by atoms with E-state index in [-0.39, 0.29) is 6.04 Å². The molecule has 4 heteroatoms. The van der Waals surface area contributed by atoms with Crippen LogP contribution in [0, 0.1) is 0 Å². The molecule has 0 saturated heterocycles. The summed E-state index contributed by atoms with van der Waals surface area (Å²) in [5.41, 5.74) is 7.23. The van der Waals surface area contributed by atoms with Gasteiger partial charge in [0.05, 0.1) is 12.7 Å². The Hall–Kier alpha value is -0.940. The number of rotatable bonds is 9. The fourth-order valence-electron chi connectivity index (χ4n) is 2.02. The Morgan fingerprint density at radius 1 is 1.32 bits per heavy atom. The molecule has 0 aromatic heterocycles. The first-order valence-electron chi connectivity index (χ1n) is 6.86. The molecule has 0 aliphatic carbocycles. The van der Waals surface area contributed by atoms with E-state index in [0.717, 1.165) is 18.7 Å². The second-order valence-corrected chi connectivity index (χ2v) is 4.81. The van der Waals surface area contributed by atoms with Gasteiger partial charge >= 0.3 is 0 Å². The SMILES string of the molecule is CCN(CCOC)CC(O)C(N)Cc1ccccc1. The van der Waals surface area contributed by atoms with Crippen LogP contribution in [0.3, 0.4) is 0 Å². The summed E-state index contributed by atoms with van der Waals surface area (Å²) in [6.45, 7) is 5.05. The molecule has 4 nitrogen and oxygen atoms in total. The van der Waals surface area contributed by atoms with E-state index in [0.29, 0.717) is 19.6 Å². The Labute approximate surface area is 116 Å². The number of aliphatic hydroxyl groups is 1. The van der Waals surface area contributed by atoms with E-state index >= 15 is 0 Å². The maximum absolute atomic E-state index is 10.2. The smallest absolute Gasteiger partial charge is 0.0820 e. The summed E-state index contributed by atoms with van der Waals surface area (Å²) >= 11 is 0. The lowest BCUT2D eigenvalue weighted by molar-refractivity contribution is 0.0765. The number of hydrogen-bond acceptors (Lipinski definition) is 4. The van der Waals surface area contributed by atoms with Crippen molar-refractivity contribution in [2.75, 3.05) is 33.4 Å². The predicted molar refractivity (Wildman–Crippen MR) is 78.1 cm³/mol. The molecule has 0 saturated carbocycles. The minimum absolute atomic E-state index is 0.237. The zero-order chi connectivity index (χ0) is 14.1. The molecule has 1 rings (SSSR count). The normalized spacial score (nSPS) is 14.6. The Balaban J connectivity index is 2.40. The quantitative estimate of drug-likeness (QED) is 0.697. The van der Waals surface area contributed by atoms with Crippen LogP contribution >= 0.6 is 0 Å². The van der Waals surface area contributed by atoms with Gasteiger partial charge in [0, 0.05) is 26.2 Å². The lowest BCUT2D eigenvalue weighted by Gasteiger charge is -2.26. The van der Waals surface area contributed by atoms with Crippen molar-refractivity contribution in [2.24, 2.45) is 5.73 Å². The van der Waals surface area contributed by atoms with E-state index in [1.54, 1.807) is 7.11 Å². The van der Waals surface area contributed by atoms with Gasteiger partial charge in [-0.2, -0.15) is 0 Å². The molecule has 0 radical (unpaired) electrons. The van der Waals surface area contributed by atoms with Gasteiger partial charge in [-0.05, 0) is 18.5 Å². The first kappa shape index (κ1) is 16.1. The van der Waals surface area contributed by atoms with Crippen molar-refractivity contribution >= 4 is 0 Å². The van der Waals surface area contributed by atoms with Gasteiger partial charge in [-0.15, -0.1) is 0 Å². The van der Waals surface area contributed by atoms with Crippen LogP contribution in [0.5, 0.6) is 0 Å². The van der Waals surface area contributed by atoms with Gasteiger partial charge in [-0.3, -0.25) is 4.90 Å². The molecule has 19 heavy (non-hydrogen) atoms. The van der Waals surface area contributed by atoms with Gasteiger partial charge in [-0.1, -0.05) is 37.3 Å². The van der Waals surface area contributed by atoms with E-state index < -0.39 is 6.10 Å². The topological polar surface area (TPSA) is 58.7 Å². The zero-order valence-corrected chi connectivity index (χ0v) is 12.0. The lowest BCUT2D eigenvalue weighted by Crippen LogP contribution is -2.45. The Morgan fingerprint density at radius 2 is 2.00 bits per heavy atom. The Kier molecular flexibility index (Phi) is 7.67. The van der Waals surface area contributed by atoms with Crippen LogP contribution < -0.4 is 5.73 Å². The van der Waals surface area contributed by atoms with Crippen molar-refractivity contribution in [1.29, 1.82) is 0 Å². The molecule has 0 aliphatic rings. The van der Waals surface area contributed by atoms with Gasteiger partial charge in [0.15, 0.2) is 0 Å². The molecular weight excluding hydrogens is 240 g/mol. The lowest BCUT2D eigenvalue weighted by atomic mass is 10.0. The van der Waals surface area contributed by atoms with Crippen LogP contribution in [-0.4, -0.2) is 55.5 Å². The first-order chi connectivity index (χ1) is 9.17. The van der Waals surface area contributed by atoms with Crippen LogP contribution in [0.4, 0.5) is 0 Å². The Bertz CT molecular complexity index is 332. The maximum Gasteiger partial charge on any atom is 0.0820 e. The molecule has 0 aliphatic heterocycles. The summed E-state index contributed by atoms with van der Waals surface area (Å²) in [6, 6.07) is 9.80. The molecule has 1 aromatic carbocycles. The monoisotopic (exact) mass is 266 g/mol. The highest BCUT2D eigenvalue weighted by atomic mass is 16.5. The van der Waals surface area contributed by atoms with Crippen LogP contribution in [0.2, 0.25) is 0 Å². The van der Waals surface area contributed by atoms with Crippen molar-refractivity contribution in [2.45, 2.75) is 25.5 Å². The number of hydrogen-bond donors (Lipinski definition) is 2. The number of likely N-dealkylation sites (N-methyl/N-ethyl adjacent to an activating group) is 1. The molecule has 2 unspecified atom stereocenters. The molecule has 1 aromatic rings. The third-order valence-corrected chi connectivity index (χ3v) is 3.31. The summed E-state index contributed by atoms with van der Waals surface area (Å²) in [4.78, 5) is 2.15. The molecular formula is C15H26N2O2. The molecule has 0 heterocycles. The minimum Gasteiger partial charge on any atom is -0.390 e. The Morgan fingerprint density at radius 3 is 2.58 bits per heavy atom. The highest BCUT2D eigenvalue weighted by molar-refractivity contribution is 5.16. The molecule has 108 valence electrons. The number of benzene rings is 1. The van der Waals surface area contributed by atoms with E-state index in [2.05, 4.69) is 11.8 Å². The van der Waals surface area contributed by atoms with Gasteiger partial charge in [0.2, 0.25) is 0 Å². The summed E-state index contributed by atoms with van der Waals surface area (Å²) in [5.74, 6) is 0. The minimum atomic E-state index is -0.517. The van der Waals surface area contributed by atoms with Gasteiger partial charge in [0.1, 0.15) is 0 Å². The van der Waals surface area contributed by atoms with Crippen molar-refractivity contribution in [3.05, 3.63) is 35.9 Å². The van der Waals surface area contributed by atoms with Crippen LogP contribution in [0.15, 0.2) is 30.3 Å². The first-order valence-corrected chi connectivity index (χ1v) is 6.86. The number of aliphatic hydroxyl groups excluding tert-OH is 1. The van der Waals surface area contributed by atoms with Crippen LogP contribution in [0.1, 0.15) is 12.5 Å². The van der Waals surface area contributed by atoms with Crippen molar-refractivity contribution in [3.63, 3.8) is 0 Å². The van der Waals surface area contributed by atoms with E-state index in [9.17, 15) is 5.11 Å². The zero-order valence-electron chi connectivity index (χ0n) is 12.0. The second-order valence-electron chi connectivity index (χ2n) is 4.81. The number of methoxy groups -OCH3 is 1. The fraction of sp³-hybridized carbons (Fsp3) is 0.600. The highest BCUT2D eigenvalue weighted by Gasteiger charge is 2.18. The summed E-state index contributed by atoms with van der Waals surface area (Å²) in [6.07, 6.45) is 0.182. The van der Waals surface area contributed by atoms with Gasteiger partial charge in [0.25, 0.3) is 0 Å². The van der Waals surface area contributed by atoms with Crippen molar-refractivity contribution in [3.8, 4) is 0 Å². The van der Waals surface area contributed by atoms with E-state index in [1.807, 2.05) is 30.3 Å². The van der Waals surface area contributed by atoms with Crippen molar-refractivity contribution < 1.29 is 9.84 Å². The van der Waals surface area contributed by atoms with Crippen LogP contribution in [-0.2, 0) is 11.2 Å². The van der Waals surface area contributed by atoms with E-state index in [1.165, 1.54) is 0 Å². The maximum atomic E-state index is 10.2. The number of ether oxygens (including phenoxy) is 1. The average molecular weight is 266 g/mol. The van der Waals surface area contributed by atoms with Crippen molar-refractivity contribution in [1.82, 2.24) is 4.90 Å². The molecule has 0 spiro atoms. The third-order valence-electron chi connectivity index (χ3n) is 3.31. The van der Waals surface area contributed by atoms with E-state index in [4.69, 9.17) is 10.5 Å². The largest absolute Gasteiger partial charge is 0.390 e. The second kappa shape index (κ2) is 9.04. The van der Waals surface area contributed by atoms with Gasteiger partial charge < -0.3 is 15.6 Å². The summed E-state index contributed by atoms with van der Waals surface area (Å²) in [7, 11) is 1.69. The molecule has 0 fully saturated rings. The fourth-order valence-corrected chi connectivity index (χ4v) is 2.02. The summed E-state index contributed by atoms with van der Waals surface area (Å²) < 4.78 is 5.06. The molecule has 2 atom stereocenters. The standard InChI is InChI=1S/C15H26N2O2/c1-3-17(9-10-19-2)12-15(18)14(16)11-13-7-5-4-6-8-13/h4-8,14-15,18H,3,9-12,16H2,1-2H3. The number of nitrogens with two attached hydrogens (primary N) is 1. The third kappa shape index (κ3) is 6.16. The number of nitrogens with zero attached hydrogens (tertiary/aromatic N) is 1. The van der Waals surface area contributed by atoms with Gasteiger partial charge in [-0.25, -0.2) is 0 Å². The summed E-state index contributed by atoms with van der Waals surface area (Å²) in [5, 5.41) is 10.2. The molecule has 0 amide bonds. The highest BCUT2D eigenvalue weighted by Crippen LogP contribution is 2.06. The molecule has 0 bridgehead atoms. The van der Waals surface area contributed by atoms with Crippen LogP contribution in [0.25, 0.3) is 0 Å². The predicted octanol–water partition coefficient (Wildman–Crippen LogP) is 0.886.